The van der Waals surface area contributed by atoms with Crippen molar-refractivity contribution in [3.8, 4) is 0 Å². The molecule has 0 spiro atoms. The molecule has 1 heterocycles. The fraction of sp³-hybridized carbons (Fsp3) is 0.133. The van der Waals surface area contributed by atoms with Gasteiger partial charge in [-0.15, -0.1) is 0 Å². The maximum absolute atomic E-state index is 11.7. The van der Waals surface area contributed by atoms with Gasteiger partial charge in [-0.05, 0) is 42.8 Å². The molecule has 0 fully saturated rings. The Morgan fingerprint density at radius 3 is 2.89 bits per heavy atom. The van der Waals surface area contributed by atoms with Crippen LogP contribution < -0.4 is 11.1 Å². The van der Waals surface area contributed by atoms with E-state index in [1.165, 1.54) is 6.08 Å². The molecule has 1 amide bonds. The van der Waals surface area contributed by atoms with Gasteiger partial charge in [0.25, 0.3) is 0 Å². The standard InChI is InChI=1S/C15H16N2O2/c1-11(14-6-3-9-19-14)17-15(18)8-7-12-4-2-5-13(16)10-12/h2-11H,16H2,1H3,(H,17,18)/b8-7+/t11-/m1/s1. The third kappa shape index (κ3) is 3.74. The molecule has 1 aromatic carbocycles. The van der Waals surface area contributed by atoms with Crippen molar-refractivity contribution >= 4 is 17.7 Å². The lowest BCUT2D eigenvalue weighted by atomic mass is 10.2. The number of nitrogens with two attached hydrogens (primary N) is 1. The minimum absolute atomic E-state index is 0.159. The smallest absolute Gasteiger partial charge is 0.244 e. The van der Waals surface area contributed by atoms with Crippen molar-refractivity contribution in [3.05, 3.63) is 60.1 Å². The molecular weight excluding hydrogens is 240 g/mol. The zero-order valence-corrected chi connectivity index (χ0v) is 10.7. The Labute approximate surface area is 111 Å². The van der Waals surface area contributed by atoms with Crippen molar-refractivity contribution in [1.29, 1.82) is 0 Å². The number of anilines is 1. The van der Waals surface area contributed by atoms with Crippen molar-refractivity contribution < 1.29 is 9.21 Å². The van der Waals surface area contributed by atoms with Crippen LogP contribution in [0.3, 0.4) is 0 Å². The lowest BCUT2D eigenvalue weighted by Gasteiger charge is -2.08. The molecule has 1 aromatic heterocycles. The summed E-state index contributed by atoms with van der Waals surface area (Å²) in [7, 11) is 0. The summed E-state index contributed by atoms with van der Waals surface area (Å²) in [6, 6.07) is 10.8. The van der Waals surface area contributed by atoms with Crippen LogP contribution in [0.1, 0.15) is 24.3 Å². The lowest BCUT2D eigenvalue weighted by Crippen LogP contribution is -2.24. The van der Waals surface area contributed by atoms with Gasteiger partial charge in [-0.25, -0.2) is 0 Å². The van der Waals surface area contributed by atoms with Crippen LogP contribution in [-0.4, -0.2) is 5.91 Å². The second kappa shape index (κ2) is 5.91. The minimum Gasteiger partial charge on any atom is -0.467 e. The molecule has 19 heavy (non-hydrogen) atoms. The van der Waals surface area contributed by atoms with Crippen LogP contribution in [0.2, 0.25) is 0 Å². The number of rotatable bonds is 4. The van der Waals surface area contributed by atoms with Crippen molar-refractivity contribution in [2.24, 2.45) is 0 Å². The first-order valence-corrected chi connectivity index (χ1v) is 6.02. The summed E-state index contributed by atoms with van der Waals surface area (Å²) < 4.78 is 5.22. The van der Waals surface area contributed by atoms with Gasteiger partial charge in [-0.2, -0.15) is 0 Å². The second-order valence-corrected chi connectivity index (χ2v) is 4.25. The van der Waals surface area contributed by atoms with E-state index in [1.54, 1.807) is 30.5 Å². The van der Waals surface area contributed by atoms with E-state index in [1.807, 2.05) is 25.1 Å². The summed E-state index contributed by atoms with van der Waals surface area (Å²) in [6.45, 7) is 1.87. The van der Waals surface area contributed by atoms with E-state index in [0.717, 1.165) is 11.3 Å². The maximum Gasteiger partial charge on any atom is 0.244 e. The number of hydrogen-bond donors (Lipinski definition) is 2. The molecule has 0 aliphatic rings. The molecule has 0 saturated carbocycles. The first kappa shape index (κ1) is 13.0. The molecule has 0 bridgehead atoms. The summed E-state index contributed by atoms with van der Waals surface area (Å²) in [4.78, 5) is 11.7. The van der Waals surface area contributed by atoms with Crippen LogP contribution in [-0.2, 0) is 4.79 Å². The Morgan fingerprint density at radius 2 is 2.21 bits per heavy atom. The van der Waals surface area contributed by atoms with Crippen LogP contribution in [0.5, 0.6) is 0 Å². The molecule has 0 aliphatic carbocycles. The Kier molecular flexibility index (Phi) is 4.03. The van der Waals surface area contributed by atoms with Gasteiger partial charge in [0.2, 0.25) is 5.91 Å². The van der Waals surface area contributed by atoms with Gasteiger partial charge >= 0.3 is 0 Å². The quantitative estimate of drug-likeness (QED) is 0.653. The number of nitrogens with one attached hydrogen (secondary N) is 1. The fourth-order valence-corrected chi connectivity index (χ4v) is 1.70. The zero-order chi connectivity index (χ0) is 13.7. The van der Waals surface area contributed by atoms with Crippen molar-refractivity contribution in [2.45, 2.75) is 13.0 Å². The monoisotopic (exact) mass is 256 g/mol. The Hall–Kier alpha value is -2.49. The van der Waals surface area contributed by atoms with Crippen LogP contribution >= 0.6 is 0 Å². The summed E-state index contributed by atoms with van der Waals surface area (Å²) in [6.07, 6.45) is 4.79. The second-order valence-electron chi connectivity index (χ2n) is 4.25. The van der Waals surface area contributed by atoms with Crippen molar-refractivity contribution in [1.82, 2.24) is 5.32 Å². The molecule has 4 heteroatoms. The summed E-state index contributed by atoms with van der Waals surface area (Å²) in [5.74, 6) is 0.553. The molecule has 4 nitrogen and oxygen atoms in total. The average molecular weight is 256 g/mol. The third-order valence-electron chi connectivity index (χ3n) is 2.67. The largest absolute Gasteiger partial charge is 0.467 e. The fourth-order valence-electron chi connectivity index (χ4n) is 1.70. The number of benzene rings is 1. The number of hydrogen-bond acceptors (Lipinski definition) is 3. The van der Waals surface area contributed by atoms with Gasteiger partial charge in [-0.3, -0.25) is 4.79 Å². The Balaban J connectivity index is 1.94. The maximum atomic E-state index is 11.7. The molecule has 3 N–H and O–H groups in total. The van der Waals surface area contributed by atoms with E-state index >= 15 is 0 Å². The van der Waals surface area contributed by atoms with Crippen LogP contribution in [0.4, 0.5) is 5.69 Å². The van der Waals surface area contributed by atoms with Crippen molar-refractivity contribution in [3.63, 3.8) is 0 Å². The topological polar surface area (TPSA) is 68.3 Å². The highest BCUT2D eigenvalue weighted by molar-refractivity contribution is 5.92. The van der Waals surface area contributed by atoms with E-state index in [9.17, 15) is 4.79 Å². The molecule has 2 aromatic rings. The summed E-state index contributed by atoms with van der Waals surface area (Å²) >= 11 is 0. The first-order chi connectivity index (χ1) is 9.15. The minimum atomic E-state index is -0.175. The van der Waals surface area contributed by atoms with Gasteiger partial charge in [0.1, 0.15) is 5.76 Å². The highest BCUT2D eigenvalue weighted by Gasteiger charge is 2.09. The molecule has 0 unspecified atom stereocenters. The third-order valence-corrected chi connectivity index (χ3v) is 2.67. The van der Waals surface area contributed by atoms with Crippen LogP contribution in [0.25, 0.3) is 6.08 Å². The molecule has 0 aliphatic heterocycles. The molecule has 0 radical (unpaired) electrons. The Bertz CT molecular complexity index is 574. The van der Waals surface area contributed by atoms with Gasteiger partial charge in [0.05, 0.1) is 12.3 Å². The van der Waals surface area contributed by atoms with E-state index in [2.05, 4.69) is 5.32 Å². The van der Waals surface area contributed by atoms with Crippen molar-refractivity contribution in [2.75, 3.05) is 5.73 Å². The SMILES string of the molecule is C[C@@H](NC(=O)/C=C/c1cccc(N)c1)c1ccco1. The van der Waals surface area contributed by atoms with E-state index in [-0.39, 0.29) is 11.9 Å². The predicted molar refractivity (Wildman–Crippen MR) is 75.2 cm³/mol. The van der Waals surface area contributed by atoms with E-state index in [4.69, 9.17) is 10.2 Å². The number of carbonyl (C=O) groups excluding carboxylic acids is 1. The number of carbonyl (C=O) groups is 1. The molecule has 98 valence electrons. The Morgan fingerprint density at radius 1 is 1.37 bits per heavy atom. The highest BCUT2D eigenvalue weighted by atomic mass is 16.3. The number of nitrogen functional groups attached to an aromatic ring is 1. The predicted octanol–water partition coefficient (Wildman–Crippen LogP) is 2.75. The van der Waals surface area contributed by atoms with Crippen LogP contribution in [0, 0.1) is 0 Å². The molecule has 1 atom stereocenters. The molecule has 0 saturated heterocycles. The zero-order valence-electron chi connectivity index (χ0n) is 10.7. The normalized spacial score (nSPS) is 12.5. The first-order valence-electron chi connectivity index (χ1n) is 6.02. The number of amides is 1. The van der Waals surface area contributed by atoms with Gasteiger partial charge in [0.15, 0.2) is 0 Å². The molecular formula is C15H16N2O2. The summed E-state index contributed by atoms with van der Waals surface area (Å²) in [5.41, 5.74) is 7.23. The molecule has 2 rings (SSSR count). The van der Waals surface area contributed by atoms with Gasteiger partial charge < -0.3 is 15.5 Å². The van der Waals surface area contributed by atoms with E-state index < -0.39 is 0 Å². The van der Waals surface area contributed by atoms with Gasteiger partial charge in [0, 0.05) is 11.8 Å². The lowest BCUT2D eigenvalue weighted by molar-refractivity contribution is -0.117. The van der Waals surface area contributed by atoms with Crippen LogP contribution in [0.15, 0.2) is 53.2 Å². The summed E-state index contributed by atoms with van der Waals surface area (Å²) in [5, 5.41) is 2.82. The highest BCUT2D eigenvalue weighted by Crippen LogP contribution is 2.12. The number of furan rings is 1. The average Bonchev–Trinajstić information content (AvgIpc) is 2.90. The van der Waals surface area contributed by atoms with E-state index in [0.29, 0.717) is 5.69 Å². The van der Waals surface area contributed by atoms with Gasteiger partial charge in [-0.1, -0.05) is 12.1 Å².